The number of aliphatic carboxylic acids is 1. The highest BCUT2D eigenvalue weighted by Crippen LogP contribution is 2.31. The van der Waals surface area contributed by atoms with Crippen molar-refractivity contribution in [3.8, 4) is 0 Å². The minimum absolute atomic E-state index is 0.110. The second kappa shape index (κ2) is 6.97. The van der Waals surface area contributed by atoms with E-state index in [0.717, 1.165) is 25.8 Å². The Kier molecular flexibility index (Phi) is 5.92. The van der Waals surface area contributed by atoms with Gasteiger partial charge >= 0.3 is 5.97 Å². The van der Waals surface area contributed by atoms with E-state index in [1.165, 1.54) is 12.8 Å². The van der Waals surface area contributed by atoms with E-state index >= 15 is 0 Å². The molecule has 0 saturated heterocycles. The van der Waals surface area contributed by atoms with Crippen LogP contribution in [0.3, 0.4) is 0 Å². The summed E-state index contributed by atoms with van der Waals surface area (Å²) in [6, 6.07) is 0. The lowest BCUT2D eigenvalue weighted by molar-refractivity contribution is -0.137. The standard InChI is InChI=1S/C13H25NO3/c1-11-5-4-7-13(9-11,10-15)14-8-3-2-6-12(16)17/h11,14-15H,2-10H2,1H3,(H,16,17). The van der Waals surface area contributed by atoms with E-state index in [1.54, 1.807) is 0 Å². The number of hydrogen-bond donors (Lipinski definition) is 3. The van der Waals surface area contributed by atoms with Gasteiger partial charge in [0.15, 0.2) is 0 Å². The van der Waals surface area contributed by atoms with Crippen LogP contribution < -0.4 is 5.32 Å². The second-order valence-corrected chi connectivity index (χ2v) is 5.42. The van der Waals surface area contributed by atoms with Gasteiger partial charge in [-0.15, -0.1) is 0 Å². The van der Waals surface area contributed by atoms with Gasteiger partial charge < -0.3 is 15.5 Å². The van der Waals surface area contributed by atoms with Crippen molar-refractivity contribution in [3.63, 3.8) is 0 Å². The van der Waals surface area contributed by atoms with Gasteiger partial charge in [0.2, 0.25) is 0 Å². The Bertz CT molecular complexity index is 245. The molecule has 0 radical (unpaired) electrons. The Morgan fingerprint density at radius 3 is 2.82 bits per heavy atom. The number of hydrogen-bond acceptors (Lipinski definition) is 3. The van der Waals surface area contributed by atoms with E-state index in [0.29, 0.717) is 12.3 Å². The first kappa shape index (κ1) is 14.5. The number of nitrogens with one attached hydrogen (secondary N) is 1. The number of carboxylic acids is 1. The first-order valence-corrected chi connectivity index (χ1v) is 6.66. The fraction of sp³-hybridized carbons (Fsp3) is 0.923. The lowest BCUT2D eigenvalue weighted by Crippen LogP contribution is -2.51. The van der Waals surface area contributed by atoms with Crippen LogP contribution in [0.1, 0.15) is 51.9 Å². The van der Waals surface area contributed by atoms with Gasteiger partial charge in [0.1, 0.15) is 0 Å². The van der Waals surface area contributed by atoms with Crippen molar-refractivity contribution in [2.24, 2.45) is 5.92 Å². The van der Waals surface area contributed by atoms with Crippen molar-refractivity contribution >= 4 is 5.97 Å². The SMILES string of the molecule is CC1CCCC(CO)(NCCCCC(=O)O)C1. The van der Waals surface area contributed by atoms with Gasteiger partial charge in [0.05, 0.1) is 6.61 Å². The summed E-state index contributed by atoms with van der Waals surface area (Å²) in [5.41, 5.74) is -0.110. The predicted octanol–water partition coefficient (Wildman–Crippen LogP) is 1.77. The molecule has 0 aliphatic heterocycles. The molecule has 0 heterocycles. The molecule has 2 atom stereocenters. The van der Waals surface area contributed by atoms with Crippen LogP contribution in [0.4, 0.5) is 0 Å². The summed E-state index contributed by atoms with van der Waals surface area (Å²) in [5, 5.41) is 21.5. The van der Waals surface area contributed by atoms with Crippen LogP contribution in [-0.2, 0) is 4.79 Å². The summed E-state index contributed by atoms with van der Waals surface area (Å²) >= 11 is 0. The molecule has 4 nitrogen and oxygen atoms in total. The molecular formula is C13H25NO3. The molecule has 0 bridgehead atoms. The van der Waals surface area contributed by atoms with Crippen molar-refractivity contribution in [1.29, 1.82) is 0 Å². The van der Waals surface area contributed by atoms with E-state index in [1.807, 2.05) is 0 Å². The molecule has 4 heteroatoms. The molecule has 100 valence electrons. The van der Waals surface area contributed by atoms with Gasteiger partial charge in [-0.2, -0.15) is 0 Å². The second-order valence-electron chi connectivity index (χ2n) is 5.42. The lowest BCUT2D eigenvalue weighted by Gasteiger charge is -2.39. The maximum Gasteiger partial charge on any atom is 0.303 e. The largest absolute Gasteiger partial charge is 0.481 e. The third-order valence-electron chi connectivity index (χ3n) is 3.71. The molecule has 0 aromatic carbocycles. The van der Waals surface area contributed by atoms with Crippen LogP contribution in [0.25, 0.3) is 0 Å². The van der Waals surface area contributed by atoms with Gasteiger partial charge in [0.25, 0.3) is 0 Å². The molecule has 1 aliphatic rings. The number of unbranched alkanes of at least 4 members (excludes halogenated alkanes) is 1. The van der Waals surface area contributed by atoms with E-state index < -0.39 is 5.97 Å². The Balaban J connectivity index is 2.24. The van der Waals surface area contributed by atoms with Crippen molar-refractivity contribution in [1.82, 2.24) is 5.32 Å². The smallest absolute Gasteiger partial charge is 0.303 e. The molecular weight excluding hydrogens is 218 g/mol. The van der Waals surface area contributed by atoms with Crippen molar-refractivity contribution < 1.29 is 15.0 Å². The van der Waals surface area contributed by atoms with Crippen LogP contribution in [0.15, 0.2) is 0 Å². The highest BCUT2D eigenvalue weighted by atomic mass is 16.4. The number of rotatable bonds is 7. The third-order valence-corrected chi connectivity index (χ3v) is 3.71. The van der Waals surface area contributed by atoms with E-state index in [-0.39, 0.29) is 18.6 Å². The summed E-state index contributed by atoms with van der Waals surface area (Å²) < 4.78 is 0. The van der Waals surface area contributed by atoms with E-state index in [9.17, 15) is 9.90 Å². The molecule has 0 aromatic heterocycles. The minimum Gasteiger partial charge on any atom is -0.481 e. The Hall–Kier alpha value is -0.610. The predicted molar refractivity (Wildman–Crippen MR) is 66.9 cm³/mol. The Labute approximate surface area is 103 Å². The lowest BCUT2D eigenvalue weighted by atomic mass is 9.77. The number of aliphatic hydroxyl groups is 1. The number of carboxylic acid groups (broad SMARTS) is 1. The van der Waals surface area contributed by atoms with Crippen LogP contribution in [-0.4, -0.2) is 34.9 Å². The average molecular weight is 243 g/mol. The van der Waals surface area contributed by atoms with Gasteiger partial charge in [0, 0.05) is 12.0 Å². The Morgan fingerprint density at radius 2 is 2.24 bits per heavy atom. The zero-order valence-corrected chi connectivity index (χ0v) is 10.7. The van der Waals surface area contributed by atoms with Crippen molar-refractivity contribution in [2.45, 2.75) is 57.4 Å². The highest BCUT2D eigenvalue weighted by molar-refractivity contribution is 5.66. The summed E-state index contributed by atoms with van der Waals surface area (Å²) in [4.78, 5) is 10.4. The fourth-order valence-corrected chi connectivity index (χ4v) is 2.77. The topological polar surface area (TPSA) is 69.6 Å². The summed E-state index contributed by atoms with van der Waals surface area (Å²) in [6.07, 6.45) is 6.30. The van der Waals surface area contributed by atoms with Crippen LogP contribution in [0.2, 0.25) is 0 Å². The number of carbonyl (C=O) groups is 1. The minimum atomic E-state index is -0.729. The normalized spacial score (nSPS) is 29.2. The van der Waals surface area contributed by atoms with E-state index in [4.69, 9.17) is 5.11 Å². The van der Waals surface area contributed by atoms with Gasteiger partial charge in [-0.05, 0) is 38.1 Å². The molecule has 2 unspecified atom stereocenters. The maximum absolute atomic E-state index is 10.4. The van der Waals surface area contributed by atoms with Crippen LogP contribution in [0, 0.1) is 5.92 Å². The molecule has 3 N–H and O–H groups in total. The molecule has 0 spiro atoms. The zero-order chi connectivity index (χ0) is 12.7. The van der Waals surface area contributed by atoms with Crippen molar-refractivity contribution in [3.05, 3.63) is 0 Å². The van der Waals surface area contributed by atoms with Crippen molar-refractivity contribution in [2.75, 3.05) is 13.2 Å². The Morgan fingerprint density at radius 1 is 1.47 bits per heavy atom. The highest BCUT2D eigenvalue weighted by Gasteiger charge is 2.33. The summed E-state index contributed by atoms with van der Waals surface area (Å²) in [6.45, 7) is 3.23. The summed E-state index contributed by atoms with van der Waals surface area (Å²) in [5.74, 6) is -0.0596. The van der Waals surface area contributed by atoms with Crippen LogP contribution >= 0.6 is 0 Å². The molecule has 1 rings (SSSR count). The molecule has 1 saturated carbocycles. The van der Waals surface area contributed by atoms with Gasteiger partial charge in [-0.25, -0.2) is 0 Å². The first-order valence-electron chi connectivity index (χ1n) is 6.66. The quantitative estimate of drug-likeness (QED) is 0.596. The van der Waals surface area contributed by atoms with E-state index in [2.05, 4.69) is 12.2 Å². The first-order chi connectivity index (χ1) is 8.08. The molecule has 0 amide bonds. The molecule has 1 fully saturated rings. The number of aliphatic hydroxyl groups excluding tert-OH is 1. The third kappa shape index (κ3) is 5.04. The van der Waals surface area contributed by atoms with Crippen LogP contribution in [0.5, 0.6) is 0 Å². The average Bonchev–Trinajstić information content (AvgIpc) is 2.28. The molecule has 1 aliphatic carbocycles. The molecule has 0 aromatic rings. The zero-order valence-electron chi connectivity index (χ0n) is 10.7. The van der Waals surface area contributed by atoms with Gasteiger partial charge in [-0.1, -0.05) is 19.8 Å². The molecule has 17 heavy (non-hydrogen) atoms. The summed E-state index contributed by atoms with van der Waals surface area (Å²) in [7, 11) is 0. The maximum atomic E-state index is 10.4. The van der Waals surface area contributed by atoms with Gasteiger partial charge in [-0.3, -0.25) is 4.79 Å². The fourth-order valence-electron chi connectivity index (χ4n) is 2.77. The monoisotopic (exact) mass is 243 g/mol.